The van der Waals surface area contributed by atoms with Crippen molar-refractivity contribution in [3.63, 3.8) is 0 Å². The van der Waals surface area contributed by atoms with Crippen LogP contribution in [-0.4, -0.2) is 32.6 Å². The van der Waals surface area contributed by atoms with Crippen molar-refractivity contribution >= 4 is 28.6 Å². The van der Waals surface area contributed by atoms with Gasteiger partial charge in [0, 0.05) is 6.08 Å². The molecular weight excluding hydrogens is 375 g/mol. The van der Waals surface area contributed by atoms with Gasteiger partial charge in [-0.2, -0.15) is 0 Å². The van der Waals surface area contributed by atoms with E-state index in [-0.39, 0.29) is 11.3 Å². The van der Waals surface area contributed by atoms with Gasteiger partial charge in [0.2, 0.25) is 5.78 Å². The summed E-state index contributed by atoms with van der Waals surface area (Å²) in [6, 6.07) is 15.0. The number of fused-ring (bicyclic) bond motifs is 1. The number of hydrogen-bond donors (Lipinski definition) is 0. The van der Waals surface area contributed by atoms with Gasteiger partial charge < -0.3 is 14.2 Å². The third kappa shape index (κ3) is 4.99. The summed E-state index contributed by atoms with van der Waals surface area (Å²) in [7, 11) is 2.98. The highest BCUT2D eigenvalue weighted by Gasteiger charge is 2.15. The highest BCUT2D eigenvalue weighted by molar-refractivity contribution is 6.01. The maximum Gasteiger partial charge on any atom is 0.331 e. The lowest BCUT2D eigenvalue weighted by Gasteiger charge is -2.07. The first-order valence-corrected chi connectivity index (χ1v) is 8.79. The fourth-order valence-electron chi connectivity index (χ4n) is 2.80. The summed E-state index contributed by atoms with van der Waals surface area (Å²) >= 11 is 0. The first kappa shape index (κ1) is 20.1. The number of methoxy groups -OCH3 is 2. The van der Waals surface area contributed by atoms with Crippen molar-refractivity contribution in [2.75, 3.05) is 20.8 Å². The van der Waals surface area contributed by atoms with Crippen molar-refractivity contribution in [2.24, 2.45) is 0 Å². The Kier molecular flexibility index (Phi) is 6.24. The van der Waals surface area contributed by atoms with Crippen molar-refractivity contribution in [1.82, 2.24) is 0 Å². The molecule has 0 heterocycles. The molecule has 0 amide bonds. The molecule has 0 bridgehead atoms. The van der Waals surface area contributed by atoms with Crippen LogP contribution in [0.3, 0.4) is 0 Å². The molecule has 0 spiro atoms. The van der Waals surface area contributed by atoms with E-state index in [1.165, 1.54) is 25.3 Å². The molecule has 0 radical (unpaired) electrons. The molecule has 0 atom stereocenters. The third-order valence-corrected chi connectivity index (χ3v) is 4.29. The smallest absolute Gasteiger partial charge is 0.331 e. The van der Waals surface area contributed by atoms with E-state index in [0.29, 0.717) is 0 Å². The number of ether oxygens (including phenoxy) is 3. The first-order chi connectivity index (χ1) is 14.0. The van der Waals surface area contributed by atoms with Gasteiger partial charge in [-0.05, 0) is 58.8 Å². The first-order valence-electron chi connectivity index (χ1n) is 8.79. The summed E-state index contributed by atoms with van der Waals surface area (Å²) in [6.45, 7) is -0.513. The van der Waals surface area contributed by atoms with Crippen molar-refractivity contribution in [3.05, 3.63) is 77.6 Å². The van der Waals surface area contributed by atoms with E-state index in [1.54, 1.807) is 13.2 Å². The van der Waals surface area contributed by atoms with Crippen LogP contribution in [-0.2, 0) is 9.53 Å². The van der Waals surface area contributed by atoms with E-state index >= 15 is 0 Å². The molecule has 0 unspecified atom stereocenters. The maximum absolute atomic E-state index is 13.4. The lowest BCUT2D eigenvalue weighted by molar-refractivity contribution is -0.136. The molecule has 3 aromatic carbocycles. The molecule has 0 aromatic heterocycles. The Morgan fingerprint density at radius 3 is 2.45 bits per heavy atom. The molecule has 0 aliphatic rings. The van der Waals surface area contributed by atoms with Gasteiger partial charge in [-0.15, -0.1) is 0 Å². The van der Waals surface area contributed by atoms with Crippen LogP contribution >= 0.6 is 0 Å². The summed E-state index contributed by atoms with van der Waals surface area (Å²) < 4.78 is 28.6. The van der Waals surface area contributed by atoms with Crippen LogP contribution in [0.2, 0.25) is 0 Å². The van der Waals surface area contributed by atoms with Gasteiger partial charge in [-0.3, -0.25) is 4.79 Å². The number of esters is 1. The molecule has 3 rings (SSSR count). The number of ketones is 1. The predicted molar refractivity (Wildman–Crippen MR) is 108 cm³/mol. The number of Topliss-reactive ketones (excluding diaryl/α,β-unsaturated/α-hetero) is 1. The zero-order valence-electron chi connectivity index (χ0n) is 16.0. The third-order valence-electron chi connectivity index (χ3n) is 4.29. The molecule has 3 aromatic rings. The maximum atomic E-state index is 13.4. The summed E-state index contributed by atoms with van der Waals surface area (Å²) in [4.78, 5) is 24.1. The molecule has 0 aliphatic carbocycles. The topological polar surface area (TPSA) is 61.8 Å². The molecule has 29 heavy (non-hydrogen) atoms. The van der Waals surface area contributed by atoms with Gasteiger partial charge in [0.05, 0.1) is 19.8 Å². The van der Waals surface area contributed by atoms with Crippen LogP contribution < -0.4 is 9.47 Å². The summed E-state index contributed by atoms with van der Waals surface area (Å²) in [6.07, 6.45) is 2.83. The zero-order valence-corrected chi connectivity index (χ0v) is 16.0. The van der Waals surface area contributed by atoms with Crippen LogP contribution in [0, 0.1) is 5.82 Å². The van der Waals surface area contributed by atoms with Crippen LogP contribution in [0.1, 0.15) is 15.9 Å². The number of carbonyl (C=O) groups excluding carboxylic acids is 2. The van der Waals surface area contributed by atoms with E-state index in [4.69, 9.17) is 14.2 Å². The molecule has 0 saturated heterocycles. The van der Waals surface area contributed by atoms with Crippen LogP contribution in [0.25, 0.3) is 16.8 Å². The average Bonchev–Trinajstić information content (AvgIpc) is 2.75. The number of hydrogen-bond acceptors (Lipinski definition) is 5. The van der Waals surface area contributed by atoms with Gasteiger partial charge in [0.1, 0.15) is 17.3 Å². The second-order valence-electron chi connectivity index (χ2n) is 6.18. The lowest BCUT2D eigenvalue weighted by Crippen LogP contribution is -2.13. The van der Waals surface area contributed by atoms with E-state index in [2.05, 4.69) is 0 Å². The van der Waals surface area contributed by atoms with Gasteiger partial charge in [0.15, 0.2) is 6.61 Å². The Hall–Kier alpha value is -3.67. The second kappa shape index (κ2) is 9.01. The van der Waals surface area contributed by atoms with E-state index in [1.807, 2.05) is 36.4 Å². The van der Waals surface area contributed by atoms with Crippen molar-refractivity contribution in [1.29, 1.82) is 0 Å². The fraction of sp³-hybridized carbons (Fsp3) is 0.130. The van der Waals surface area contributed by atoms with Gasteiger partial charge >= 0.3 is 5.97 Å². The van der Waals surface area contributed by atoms with E-state index in [0.717, 1.165) is 28.2 Å². The minimum absolute atomic E-state index is 0.0224. The normalized spacial score (nSPS) is 10.9. The monoisotopic (exact) mass is 394 g/mol. The van der Waals surface area contributed by atoms with Crippen molar-refractivity contribution in [2.45, 2.75) is 0 Å². The van der Waals surface area contributed by atoms with Gasteiger partial charge in [0.25, 0.3) is 0 Å². The molecule has 148 valence electrons. The van der Waals surface area contributed by atoms with Crippen molar-refractivity contribution in [3.8, 4) is 11.5 Å². The molecule has 0 fully saturated rings. The molecule has 0 aliphatic heterocycles. The number of benzene rings is 3. The molecular formula is C23H19FO5. The second-order valence-corrected chi connectivity index (χ2v) is 6.18. The van der Waals surface area contributed by atoms with Crippen LogP contribution in [0.4, 0.5) is 4.39 Å². The van der Waals surface area contributed by atoms with Crippen LogP contribution in [0.15, 0.2) is 60.7 Å². The van der Waals surface area contributed by atoms with E-state index < -0.39 is 24.2 Å². The number of halogens is 1. The van der Waals surface area contributed by atoms with E-state index in [9.17, 15) is 14.0 Å². The largest absolute Gasteiger partial charge is 0.497 e. The van der Waals surface area contributed by atoms with Crippen molar-refractivity contribution < 1.29 is 28.2 Å². The zero-order chi connectivity index (χ0) is 20.8. The summed E-state index contributed by atoms with van der Waals surface area (Å²) in [5, 5.41) is 2.01. The summed E-state index contributed by atoms with van der Waals surface area (Å²) in [5.74, 6) is -0.819. The molecule has 0 saturated carbocycles. The Morgan fingerprint density at radius 1 is 0.931 bits per heavy atom. The highest BCUT2D eigenvalue weighted by atomic mass is 19.1. The SMILES string of the molecule is COc1ccc2cc(/C=C/C(=O)OCC(=O)c3cc(F)ccc3OC)ccc2c1. The highest BCUT2D eigenvalue weighted by Crippen LogP contribution is 2.22. The fourth-order valence-corrected chi connectivity index (χ4v) is 2.80. The molecule has 5 nitrogen and oxygen atoms in total. The Balaban J connectivity index is 1.63. The Labute approximate surface area is 167 Å². The average molecular weight is 394 g/mol. The molecule has 0 N–H and O–H groups in total. The number of rotatable bonds is 7. The predicted octanol–water partition coefficient (Wildman–Crippen LogP) is 4.44. The Bertz CT molecular complexity index is 1090. The van der Waals surface area contributed by atoms with Gasteiger partial charge in [-0.1, -0.05) is 18.2 Å². The van der Waals surface area contributed by atoms with Crippen LogP contribution in [0.5, 0.6) is 11.5 Å². The minimum atomic E-state index is -0.677. The quantitative estimate of drug-likeness (QED) is 0.337. The Morgan fingerprint density at radius 2 is 1.69 bits per heavy atom. The summed E-state index contributed by atoms with van der Waals surface area (Å²) in [5.41, 5.74) is 0.826. The number of carbonyl (C=O) groups is 2. The molecule has 6 heteroatoms. The standard InChI is InChI=1S/C23H19FO5/c1-27-19-8-6-16-11-15(3-5-17(16)12-19)4-10-23(26)29-14-21(25)20-13-18(24)7-9-22(20)28-2/h3-13H,14H2,1-2H3/b10-4+. The van der Waals surface area contributed by atoms with Gasteiger partial charge in [-0.25, -0.2) is 9.18 Å². The lowest BCUT2D eigenvalue weighted by atomic mass is 10.1. The minimum Gasteiger partial charge on any atom is -0.497 e.